The monoisotopic (exact) mass is 168 g/mol. The Balaban J connectivity index is 1.77. The number of hydrogen-bond donors (Lipinski definition) is 0. The molecule has 12 heavy (non-hydrogen) atoms. The SMILES string of the molecule is COCC1CCC2(CCC2)CC1. The van der Waals surface area contributed by atoms with Gasteiger partial charge in [0.2, 0.25) is 0 Å². The second-order valence-electron chi connectivity index (χ2n) is 4.75. The summed E-state index contributed by atoms with van der Waals surface area (Å²) in [7, 11) is 1.83. The van der Waals surface area contributed by atoms with Crippen LogP contribution in [-0.4, -0.2) is 13.7 Å². The van der Waals surface area contributed by atoms with E-state index >= 15 is 0 Å². The van der Waals surface area contributed by atoms with Gasteiger partial charge in [-0.25, -0.2) is 0 Å². The Morgan fingerprint density at radius 1 is 1.17 bits per heavy atom. The van der Waals surface area contributed by atoms with E-state index in [1.807, 2.05) is 7.11 Å². The molecule has 1 nitrogen and oxygen atoms in total. The molecule has 0 aromatic rings. The quantitative estimate of drug-likeness (QED) is 0.616. The van der Waals surface area contributed by atoms with Gasteiger partial charge in [0.05, 0.1) is 0 Å². The van der Waals surface area contributed by atoms with Crippen molar-refractivity contribution >= 4 is 0 Å². The predicted molar refractivity (Wildman–Crippen MR) is 50.1 cm³/mol. The van der Waals surface area contributed by atoms with Crippen LogP contribution in [0.1, 0.15) is 44.9 Å². The van der Waals surface area contributed by atoms with Gasteiger partial charge < -0.3 is 4.74 Å². The number of hydrogen-bond acceptors (Lipinski definition) is 1. The van der Waals surface area contributed by atoms with Gasteiger partial charge in [0.25, 0.3) is 0 Å². The zero-order chi connectivity index (χ0) is 8.44. The Morgan fingerprint density at radius 3 is 2.25 bits per heavy atom. The zero-order valence-electron chi connectivity index (χ0n) is 8.14. The number of rotatable bonds is 2. The van der Waals surface area contributed by atoms with Crippen molar-refractivity contribution in [2.24, 2.45) is 11.3 Å². The molecule has 2 saturated carbocycles. The van der Waals surface area contributed by atoms with Gasteiger partial charge in [-0.2, -0.15) is 0 Å². The summed E-state index contributed by atoms with van der Waals surface area (Å²) in [5.41, 5.74) is 0.824. The Labute approximate surface area is 75.5 Å². The highest BCUT2D eigenvalue weighted by Crippen LogP contribution is 2.52. The van der Waals surface area contributed by atoms with Gasteiger partial charge in [0.15, 0.2) is 0 Å². The highest BCUT2D eigenvalue weighted by atomic mass is 16.5. The molecule has 0 atom stereocenters. The van der Waals surface area contributed by atoms with Gasteiger partial charge >= 0.3 is 0 Å². The molecule has 0 saturated heterocycles. The van der Waals surface area contributed by atoms with Crippen molar-refractivity contribution in [2.75, 3.05) is 13.7 Å². The highest BCUT2D eigenvalue weighted by Gasteiger charge is 2.39. The van der Waals surface area contributed by atoms with Crippen molar-refractivity contribution in [3.05, 3.63) is 0 Å². The van der Waals surface area contributed by atoms with E-state index in [0.717, 1.165) is 17.9 Å². The van der Waals surface area contributed by atoms with Crippen LogP contribution in [0.3, 0.4) is 0 Å². The lowest BCUT2D eigenvalue weighted by Gasteiger charge is -2.47. The average Bonchev–Trinajstić information content (AvgIpc) is 2.04. The minimum atomic E-state index is 0.824. The maximum absolute atomic E-state index is 5.20. The van der Waals surface area contributed by atoms with E-state index in [0.29, 0.717) is 0 Å². The van der Waals surface area contributed by atoms with Crippen LogP contribution in [0, 0.1) is 11.3 Å². The molecule has 2 fully saturated rings. The van der Waals surface area contributed by atoms with Crippen LogP contribution in [0.2, 0.25) is 0 Å². The van der Waals surface area contributed by atoms with Crippen molar-refractivity contribution in [1.82, 2.24) is 0 Å². The van der Waals surface area contributed by atoms with Gasteiger partial charge in [-0.15, -0.1) is 0 Å². The van der Waals surface area contributed by atoms with E-state index in [1.54, 1.807) is 0 Å². The van der Waals surface area contributed by atoms with Gasteiger partial charge in [-0.3, -0.25) is 0 Å². The molecule has 0 bridgehead atoms. The maximum Gasteiger partial charge on any atom is 0.0490 e. The summed E-state index contributed by atoms with van der Waals surface area (Å²) >= 11 is 0. The summed E-state index contributed by atoms with van der Waals surface area (Å²) < 4.78 is 5.20. The largest absolute Gasteiger partial charge is 0.384 e. The molecule has 0 aliphatic heterocycles. The summed E-state index contributed by atoms with van der Waals surface area (Å²) in [6.07, 6.45) is 10.4. The fraction of sp³-hybridized carbons (Fsp3) is 1.00. The van der Waals surface area contributed by atoms with Crippen LogP contribution in [0.5, 0.6) is 0 Å². The molecule has 1 spiro atoms. The molecule has 0 aromatic carbocycles. The molecule has 0 aromatic heterocycles. The Bertz CT molecular complexity index is 139. The standard InChI is InChI=1S/C11H20O/c1-12-9-10-3-7-11(8-4-10)5-2-6-11/h10H,2-9H2,1H3. The van der Waals surface area contributed by atoms with E-state index in [4.69, 9.17) is 4.74 Å². The van der Waals surface area contributed by atoms with E-state index in [2.05, 4.69) is 0 Å². The van der Waals surface area contributed by atoms with Crippen molar-refractivity contribution in [3.8, 4) is 0 Å². The summed E-state index contributed by atoms with van der Waals surface area (Å²) in [5.74, 6) is 0.876. The Morgan fingerprint density at radius 2 is 1.83 bits per heavy atom. The van der Waals surface area contributed by atoms with Gasteiger partial charge in [0, 0.05) is 13.7 Å². The smallest absolute Gasteiger partial charge is 0.0490 e. The molecule has 0 radical (unpaired) electrons. The summed E-state index contributed by atoms with van der Waals surface area (Å²) in [5, 5.41) is 0. The second kappa shape index (κ2) is 3.37. The lowest BCUT2D eigenvalue weighted by atomic mass is 9.59. The topological polar surface area (TPSA) is 9.23 Å². The first kappa shape index (κ1) is 8.55. The van der Waals surface area contributed by atoms with Crippen LogP contribution < -0.4 is 0 Å². The van der Waals surface area contributed by atoms with Crippen LogP contribution in [0.25, 0.3) is 0 Å². The van der Waals surface area contributed by atoms with Gasteiger partial charge in [-0.05, 0) is 49.9 Å². The van der Waals surface area contributed by atoms with Crippen molar-refractivity contribution in [2.45, 2.75) is 44.9 Å². The third-order valence-electron chi connectivity index (χ3n) is 3.98. The molecule has 2 aliphatic rings. The van der Waals surface area contributed by atoms with E-state index in [1.165, 1.54) is 44.9 Å². The van der Waals surface area contributed by atoms with Crippen LogP contribution >= 0.6 is 0 Å². The van der Waals surface area contributed by atoms with Crippen molar-refractivity contribution < 1.29 is 4.74 Å². The molecular weight excluding hydrogens is 148 g/mol. The summed E-state index contributed by atoms with van der Waals surface area (Å²) in [4.78, 5) is 0. The van der Waals surface area contributed by atoms with Crippen molar-refractivity contribution in [3.63, 3.8) is 0 Å². The van der Waals surface area contributed by atoms with Crippen LogP contribution in [-0.2, 0) is 4.74 Å². The predicted octanol–water partition coefficient (Wildman–Crippen LogP) is 2.99. The van der Waals surface area contributed by atoms with E-state index in [-0.39, 0.29) is 0 Å². The zero-order valence-corrected chi connectivity index (χ0v) is 8.14. The fourth-order valence-corrected chi connectivity index (χ4v) is 2.87. The Kier molecular flexibility index (Phi) is 2.40. The Hall–Kier alpha value is -0.0400. The van der Waals surface area contributed by atoms with E-state index < -0.39 is 0 Å². The molecular formula is C11H20O. The normalized spacial score (nSPS) is 28.8. The van der Waals surface area contributed by atoms with Crippen LogP contribution in [0.4, 0.5) is 0 Å². The molecule has 0 N–H and O–H groups in total. The first-order valence-corrected chi connectivity index (χ1v) is 5.34. The summed E-state index contributed by atoms with van der Waals surface area (Å²) in [6, 6.07) is 0. The number of methoxy groups -OCH3 is 1. The average molecular weight is 168 g/mol. The minimum Gasteiger partial charge on any atom is -0.384 e. The van der Waals surface area contributed by atoms with Gasteiger partial charge in [0.1, 0.15) is 0 Å². The van der Waals surface area contributed by atoms with Gasteiger partial charge in [-0.1, -0.05) is 6.42 Å². The molecule has 0 heterocycles. The van der Waals surface area contributed by atoms with Crippen molar-refractivity contribution in [1.29, 1.82) is 0 Å². The number of ether oxygens (including phenoxy) is 1. The molecule has 0 amide bonds. The summed E-state index contributed by atoms with van der Waals surface area (Å²) in [6.45, 7) is 0.996. The molecule has 70 valence electrons. The third kappa shape index (κ3) is 1.52. The maximum atomic E-state index is 5.20. The first-order chi connectivity index (χ1) is 5.85. The lowest BCUT2D eigenvalue weighted by molar-refractivity contribution is 0.0311. The highest BCUT2D eigenvalue weighted by molar-refractivity contribution is 4.91. The van der Waals surface area contributed by atoms with Crippen LogP contribution in [0.15, 0.2) is 0 Å². The fourth-order valence-electron chi connectivity index (χ4n) is 2.87. The lowest BCUT2D eigenvalue weighted by Crippen LogP contribution is -2.34. The van der Waals surface area contributed by atoms with E-state index in [9.17, 15) is 0 Å². The second-order valence-corrected chi connectivity index (χ2v) is 4.75. The molecule has 0 unspecified atom stereocenters. The minimum absolute atomic E-state index is 0.824. The molecule has 2 aliphatic carbocycles. The molecule has 2 rings (SSSR count). The first-order valence-electron chi connectivity index (χ1n) is 5.34. The molecule has 1 heteroatoms. The third-order valence-corrected chi connectivity index (χ3v) is 3.98.